The minimum absolute atomic E-state index is 0.922. The summed E-state index contributed by atoms with van der Waals surface area (Å²) in [7, 11) is 2.15. The van der Waals surface area contributed by atoms with Crippen molar-refractivity contribution < 1.29 is 0 Å². The highest BCUT2D eigenvalue weighted by molar-refractivity contribution is 5.53. The van der Waals surface area contributed by atoms with Gasteiger partial charge in [0.25, 0.3) is 0 Å². The summed E-state index contributed by atoms with van der Waals surface area (Å²) < 4.78 is 0. The number of hydrogen-bond donors (Lipinski definition) is 1. The van der Waals surface area contributed by atoms with Crippen LogP contribution in [0.15, 0.2) is 54.6 Å². The molecule has 2 nitrogen and oxygen atoms in total. The quantitative estimate of drug-likeness (QED) is 0.849. The summed E-state index contributed by atoms with van der Waals surface area (Å²) >= 11 is 0. The van der Waals surface area contributed by atoms with Crippen LogP contribution in [0.5, 0.6) is 0 Å². The number of para-hydroxylation sites is 1. The highest BCUT2D eigenvalue weighted by Gasteiger charge is 2.06. The third kappa shape index (κ3) is 3.83. The van der Waals surface area contributed by atoms with Crippen molar-refractivity contribution in [3.05, 3.63) is 65.7 Å². The van der Waals surface area contributed by atoms with E-state index in [1.807, 2.05) is 0 Å². The predicted molar refractivity (Wildman–Crippen MR) is 82.4 cm³/mol. The van der Waals surface area contributed by atoms with E-state index in [0.29, 0.717) is 0 Å². The molecule has 0 aliphatic heterocycles. The largest absolute Gasteiger partial charge is 0.370 e. The molecule has 0 saturated carbocycles. The van der Waals surface area contributed by atoms with Gasteiger partial charge >= 0.3 is 0 Å². The zero-order valence-corrected chi connectivity index (χ0v) is 11.8. The van der Waals surface area contributed by atoms with E-state index in [1.54, 1.807) is 0 Å². The summed E-state index contributed by atoms with van der Waals surface area (Å²) in [6.45, 7) is 4.99. The van der Waals surface area contributed by atoms with Crippen LogP contribution in [0.1, 0.15) is 18.1 Å². The molecule has 0 saturated heterocycles. The molecular weight excluding hydrogens is 232 g/mol. The standard InChI is InChI=1S/C17H22N2/c1-3-18-13-16-11-7-8-12-17(16)19(2)14-15-9-5-4-6-10-15/h4-12,18H,3,13-14H2,1-2H3. The molecule has 0 amide bonds. The topological polar surface area (TPSA) is 15.3 Å². The Morgan fingerprint density at radius 1 is 0.947 bits per heavy atom. The van der Waals surface area contributed by atoms with Crippen LogP contribution in [0.4, 0.5) is 5.69 Å². The summed E-state index contributed by atoms with van der Waals surface area (Å²) in [6, 6.07) is 19.2. The van der Waals surface area contributed by atoms with Crippen LogP contribution in [0.2, 0.25) is 0 Å². The molecule has 2 heteroatoms. The molecule has 2 aromatic carbocycles. The first-order valence-corrected chi connectivity index (χ1v) is 6.85. The first-order valence-electron chi connectivity index (χ1n) is 6.85. The Morgan fingerprint density at radius 2 is 1.63 bits per heavy atom. The first-order chi connectivity index (χ1) is 9.31. The molecule has 2 aromatic rings. The van der Waals surface area contributed by atoms with Gasteiger partial charge in [-0.1, -0.05) is 55.5 Å². The van der Waals surface area contributed by atoms with Crippen molar-refractivity contribution in [2.45, 2.75) is 20.0 Å². The summed E-state index contributed by atoms with van der Waals surface area (Å²) in [5.41, 5.74) is 3.98. The first kappa shape index (κ1) is 13.6. The van der Waals surface area contributed by atoms with E-state index in [-0.39, 0.29) is 0 Å². The van der Waals surface area contributed by atoms with E-state index in [0.717, 1.165) is 19.6 Å². The average Bonchev–Trinajstić information content (AvgIpc) is 2.46. The van der Waals surface area contributed by atoms with Gasteiger partial charge in [-0.2, -0.15) is 0 Å². The average molecular weight is 254 g/mol. The summed E-state index contributed by atoms with van der Waals surface area (Å²) in [5.74, 6) is 0. The molecule has 0 unspecified atom stereocenters. The molecular formula is C17H22N2. The van der Waals surface area contributed by atoms with Gasteiger partial charge in [0.05, 0.1) is 0 Å². The van der Waals surface area contributed by atoms with E-state index in [4.69, 9.17) is 0 Å². The molecule has 100 valence electrons. The number of nitrogens with zero attached hydrogens (tertiary/aromatic N) is 1. The monoisotopic (exact) mass is 254 g/mol. The van der Waals surface area contributed by atoms with Crippen LogP contribution >= 0.6 is 0 Å². The van der Waals surface area contributed by atoms with Crippen molar-refractivity contribution in [2.75, 3.05) is 18.5 Å². The van der Waals surface area contributed by atoms with Crippen LogP contribution in [0.3, 0.4) is 0 Å². The molecule has 2 rings (SSSR count). The van der Waals surface area contributed by atoms with Crippen molar-refractivity contribution in [1.29, 1.82) is 0 Å². The van der Waals surface area contributed by atoms with Gasteiger partial charge in [0.1, 0.15) is 0 Å². The SMILES string of the molecule is CCNCc1ccccc1N(C)Cc1ccccc1. The Morgan fingerprint density at radius 3 is 2.37 bits per heavy atom. The van der Waals surface area contributed by atoms with Gasteiger partial charge in [0.2, 0.25) is 0 Å². The van der Waals surface area contributed by atoms with E-state index >= 15 is 0 Å². The van der Waals surface area contributed by atoms with Crippen molar-refractivity contribution in [3.63, 3.8) is 0 Å². The van der Waals surface area contributed by atoms with Gasteiger partial charge in [-0.05, 0) is 23.7 Å². The second-order valence-electron chi connectivity index (χ2n) is 4.75. The van der Waals surface area contributed by atoms with E-state index in [1.165, 1.54) is 16.8 Å². The fraction of sp³-hybridized carbons (Fsp3) is 0.294. The zero-order valence-electron chi connectivity index (χ0n) is 11.8. The zero-order chi connectivity index (χ0) is 13.5. The third-order valence-corrected chi connectivity index (χ3v) is 3.23. The molecule has 0 bridgehead atoms. The summed E-state index contributed by atoms with van der Waals surface area (Å²) in [5, 5.41) is 3.40. The highest BCUT2D eigenvalue weighted by Crippen LogP contribution is 2.20. The van der Waals surface area contributed by atoms with Crippen molar-refractivity contribution in [1.82, 2.24) is 5.32 Å². The van der Waals surface area contributed by atoms with E-state index in [9.17, 15) is 0 Å². The molecule has 0 fully saturated rings. The van der Waals surface area contributed by atoms with Gasteiger partial charge in [-0.3, -0.25) is 0 Å². The van der Waals surface area contributed by atoms with E-state index < -0.39 is 0 Å². The van der Waals surface area contributed by atoms with Crippen molar-refractivity contribution >= 4 is 5.69 Å². The second kappa shape index (κ2) is 6.95. The van der Waals surface area contributed by atoms with Crippen LogP contribution in [-0.2, 0) is 13.1 Å². The third-order valence-electron chi connectivity index (χ3n) is 3.23. The fourth-order valence-corrected chi connectivity index (χ4v) is 2.23. The number of hydrogen-bond acceptors (Lipinski definition) is 2. The van der Waals surface area contributed by atoms with Crippen molar-refractivity contribution in [3.8, 4) is 0 Å². The lowest BCUT2D eigenvalue weighted by Gasteiger charge is -2.22. The predicted octanol–water partition coefficient (Wildman–Crippen LogP) is 3.43. The van der Waals surface area contributed by atoms with Gasteiger partial charge in [0, 0.05) is 25.8 Å². The highest BCUT2D eigenvalue weighted by atomic mass is 15.1. The lowest BCUT2D eigenvalue weighted by atomic mass is 10.1. The van der Waals surface area contributed by atoms with Gasteiger partial charge in [-0.25, -0.2) is 0 Å². The minimum atomic E-state index is 0.922. The minimum Gasteiger partial charge on any atom is -0.370 e. The molecule has 0 aromatic heterocycles. The Labute approximate surface area is 116 Å². The molecule has 1 N–H and O–H groups in total. The summed E-state index contributed by atoms with van der Waals surface area (Å²) in [4.78, 5) is 2.31. The van der Waals surface area contributed by atoms with Crippen molar-refractivity contribution in [2.24, 2.45) is 0 Å². The molecule has 0 atom stereocenters. The van der Waals surface area contributed by atoms with Crippen LogP contribution in [0, 0.1) is 0 Å². The number of benzene rings is 2. The van der Waals surface area contributed by atoms with Crippen LogP contribution < -0.4 is 10.2 Å². The fourth-order valence-electron chi connectivity index (χ4n) is 2.23. The molecule has 19 heavy (non-hydrogen) atoms. The molecule has 0 spiro atoms. The summed E-state index contributed by atoms with van der Waals surface area (Å²) in [6.07, 6.45) is 0. The van der Waals surface area contributed by atoms with E-state index in [2.05, 4.69) is 78.8 Å². The van der Waals surface area contributed by atoms with Crippen LogP contribution in [-0.4, -0.2) is 13.6 Å². The van der Waals surface area contributed by atoms with Gasteiger partial charge in [-0.15, -0.1) is 0 Å². The smallest absolute Gasteiger partial charge is 0.0426 e. The molecule has 0 aliphatic rings. The lowest BCUT2D eigenvalue weighted by molar-refractivity contribution is 0.723. The maximum Gasteiger partial charge on any atom is 0.0426 e. The Hall–Kier alpha value is -1.80. The molecule has 0 radical (unpaired) electrons. The van der Waals surface area contributed by atoms with Gasteiger partial charge in [0.15, 0.2) is 0 Å². The number of anilines is 1. The Bertz CT molecular complexity index is 494. The second-order valence-corrected chi connectivity index (χ2v) is 4.75. The van der Waals surface area contributed by atoms with Gasteiger partial charge < -0.3 is 10.2 Å². The molecule has 0 heterocycles. The normalized spacial score (nSPS) is 10.4. The maximum absolute atomic E-state index is 3.40. The van der Waals surface area contributed by atoms with Crippen LogP contribution in [0.25, 0.3) is 0 Å². The lowest BCUT2D eigenvalue weighted by Crippen LogP contribution is -2.20. The number of nitrogens with one attached hydrogen (secondary N) is 1. The number of rotatable bonds is 6. The Kier molecular flexibility index (Phi) is 4.99. The maximum atomic E-state index is 3.40. The Balaban J connectivity index is 2.12. The molecule has 0 aliphatic carbocycles.